The van der Waals surface area contributed by atoms with Gasteiger partial charge in [0.1, 0.15) is 0 Å². The molecular weight excluding hydrogens is 397 g/mol. The minimum Gasteiger partial charge on any atom is -0.290 e. The Hall–Kier alpha value is -2.91. The number of alkyl halides is 3. The second-order valence-electron chi connectivity index (χ2n) is 5.88. The maximum Gasteiger partial charge on any atom is 0.417 e. The van der Waals surface area contributed by atoms with Crippen LogP contribution in [-0.4, -0.2) is 21.6 Å². The van der Waals surface area contributed by atoms with Gasteiger partial charge in [0, 0.05) is 10.9 Å². The van der Waals surface area contributed by atoms with Crippen molar-refractivity contribution in [2.75, 3.05) is 0 Å². The van der Waals surface area contributed by atoms with E-state index in [0.29, 0.717) is 17.5 Å². The normalized spacial score (nSPS) is 11.6. The van der Waals surface area contributed by atoms with Crippen molar-refractivity contribution in [1.29, 1.82) is 0 Å². The molecule has 2 aromatic carbocycles. The summed E-state index contributed by atoms with van der Waals surface area (Å²) in [7, 11) is 0. The Bertz CT molecular complexity index is 1090. The minimum atomic E-state index is -4.78. The third kappa shape index (κ3) is 3.34. The van der Waals surface area contributed by atoms with Crippen LogP contribution in [-0.2, 0) is 12.6 Å². The van der Waals surface area contributed by atoms with Crippen LogP contribution in [0.15, 0.2) is 36.4 Å². The third-order valence-electron chi connectivity index (χ3n) is 4.21. The van der Waals surface area contributed by atoms with Gasteiger partial charge in [0.05, 0.1) is 27.4 Å². The molecule has 3 aromatic rings. The number of carbonyl (C=O) groups excluding carboxylic acids is 2. The Labute approximate surface area is 162 Å². The topological polar surface area (TPSA) is 90.0 Å². The number of nitrogens with zero attached hydrogens (tertiary/aromatic N) is 2. The molecule has 0 saturated heterocycles. The predicted molar refractivity (Wildman–Crippen MR) is 96.9 cm³/mol. The Morgan fingerprint density at radius 3 is 2.57 bits per heavy atom. The van der Waals surface area contributed by atoms with Crippen molar-refractivity contribution < 1.29 is 22.8 Å². The lowest BCUT2D eigenvalue weighted by Gasteiger charge is -2.13. The van der Waals surface area contributed by atoms with Crippen LogP contribution in [0, 0.1) is 0 Å². The fourth-order valence-electron chi connectivity index (χ4n) is 2.90. The lowest BCUT2D eigenvalue weighted by Crippen LogP contribution is -2.30. The number of rotatable bonds is 3. The molecule has 6 nitrogen and oxygen atoms in total. The highest BCUT2D eigenvalue weighted by atomic mass is 35.5. The van der Waals surface area contributed by atoms with Gasteiger partial charge in [-0.05, 0) is 30.7 Å². The number of carbonyl (C=O) groups is 2. The van der Waals surface area contributed by atoms with Crippen molar-refractivity contribution in [3.05, 3.63) is 63.8 Å². The van der Waals surface area contributed by atoms with Gasteiger partial charge >= 0.3 is 6.18 Å². The maximum absolute atomic E-state index is 13.4. The standard InChI is InChI=1S/C18H14ClF3N4O2/c1-2-13-10-7-6-9(16(27)24-23)8-14(10)26(25-13)17(28)15-11(18(20,21)22)4-3-5-12(15)19/h3-8H,2,23H2,1H3,(H,24,27). The molecule has 1 heterocycles. The zero-order chi connectivity index (χ0) is 20.6. The Balaban J connectivity index is 2.27. The third-order valence-corrected chi connectivity index (χ3v) is 4.53. The first-order valence-electron chi connectivity index (χ1n) is 8.12. The molecule has 146 valence electrons. The highest BCUT2D eigenvalue weighted by molar-refractivity contribution is 6.34. The van der Waals surface area contributed by atoms with Crippen LogP contribution in [0.3, 0.4) is 0 Å². The summed E-state index contributed by atoms with van der Waals surface area (Å²) < 4.78 is 41.0. The fourth-order valence-corrected chi connectivity index (χ4v) is 3.16. The average molecular weight is 411 g/mol. The van der Waals surface area contributed by atoms with Crippen LogP contribution >= 0.6 is 11.6 Å². The number of hydrogen-bond acceptors (Lipinski definition) is 4. The molecule has 1 amide bonds. The Kier molecular flexibility index (Phi) is 5.14. The number of nitrogen functional groups attached to an aromatic ring is 1. The second kappa shape index (κ2) is 7.25. The van der Waals surface area contributed by atoms with E-state index in [4.69, 9.17) is 17.4 Å². The molecule has 0 fully saturated rings. The number of halogens is 4. The summed E-state index contributed by atoms with van der Waals surface area (Å²) in [5, 5.41) is 4.34. The number of aryl methyl sites for hydroxylation is 1. The van der Waals surface area contributed by atoms with E-state index in [0.717, 1.165) is 16.8 Å². The first-order valence-corrected chi connectivity index (χ1v) is 8.49. The first-order chi connectivity index (χ1) is 13.2. The lowest BCUT2D eigenvalue weighted by atomic mass is 10.1. The van der Waals surface area contributed by atoms with Crippen LogP contribution in [0.4, 0.5) is 13.2 Å². The molecule has 0 bridgehead atoms. The molecular formula is C18H14ClF3N4O2. The number of fused-ring (bicyclic) bond motifs is 1. The molecule has 0 spiro atoms. The summed E-state index contributed by atoms with van der Waals surface area (Å²) in [5.74, 6) is 3.46. The number of amides is 1. The maximum atomic E-state index is 13.4. The lowest BCUT2D eigenvalue weighted by molar-refractivity contribution is -0.137. The van der Waals surface area contributed by atoms with E-state index in [1.165, 1.54) is 18.2 Å². The van der Waals surface area contributed by atoms with E-state index >= 15 is 0 Å². The van der Waals surface area contributed by atoms with E-state index in [1.54, 1.807) is 13.0 Å². The molecule has 3 rings (SSSR count). The highest BCUT2D eigenvalue weighted by Crippen LogP contribution is 2.36. The quantitative estimate of drug-likeness (QED) is 0.392. The van der Waals surface area contributed by atoms with Gasteiger partial charge in [-0.3, -0.25) is 15.0 Å². The van der Waals surface area contributed by atoms with Crippen LogP contribution in [0.1, 0.15) is 38.9 Å². The van der Waals surface area contributed by atoms with Gasteiger partial charge in [-0.25, -0.2) is 5.84 Å². The molecule has 28 heavy (non-hydrogen) atoms. The van der Waals surface area contributed by atoms with Gasteiger partial charge in [-0.1, -0.05) is 30.7 Å². The number of aromatic nitrogens is 2. The second-order valence-corrected chi connectivity index (χ2v) is 6.29. The minimum absolute atomic E-state index is 0.127. The summed E-state index contributed by atoms with van der Waals surface area (Å²) in [6, 6.07) is 7.47. The van der Waals surface area contributed by atoms with Crippen molar-refractivity contribution in [2.24, 2.45) is 5.84 Å². The molecule has 0 aliphatic heterocycles. The predicted octanol–water partition coefficient (Wildman–Crippen LogP) is 3.56. The van der Waals surface area contributed by atoms with E-state index in [2.05, 4.69) is 5.10 Å². The van der Waals surface area contributed by atoms with E-state index < -0.39 is 29.1 Å². The molecule has 0 atom stereocenters. The SMILES string of the molecule is CCc1nn(C(=O)c2c(Cl)cccc2C(F)(F)F)c2cc(C(=O)NN)ccc12. The van der Waals surface area contributed by atoms with Crippen LogP contribution in [0.2, 0.25) is 5.02 Å². The smallest absolute Gasteiger partial charge is 0.290 e. The van der Waals surface area contributed by atoms with Crippen LogP contribution in [0.25, 0.3) is 10.9 Å². The fraction of sp³-hybridized carbons (Fsp3) is 0.167. The number of hydrogen-bond donors (Lipinski definition) is 2. The molecule has 0 aliphatic carbocycles. The van der Waals surface area contributed by atoms with E-state index in [1.807, 2.05) is 5.43 Å². The first kappa shape index (κ1) is 19.8. The number of nitrogens with one attached hydrogen (secondary N) is 1. The molecule has 3 N–H and O–H groups in total. The van der Waals surface area contributed by atoms with Crippen LogP contribution < -0.4 is 11.3 Å². The largest absolute Gasteiger partial charge is 0.417 e. The molecule has 1 aromatic heterocycles. The zero-order valence-corrected chi connectivity index (χ0v) is 15.2. The van der Waals surface area contributed by atoms with E-state index in [-0.39, 0.29) is 16.1 Å². The van der Waals surface area contributed by atoms with Crippen LogP contribution in [0.5, 0.6) is 0 Å². The summed E-state index contributed by atoms with van der Waals surface area (Å²) in [6.45, 7) is 1.79. The van der Waals surface area contributed by atoms with Crippen molar-refractivity contribution in [2.45, 2.75) is 19.5 Å². The van der Waals surface area contributed by atoms with Gasteiger partial charge < -0.3 is 0 Å². The molecule has 0 saturated carbocycles. The van der Waals surface area contributed by atoms with Crippen molar-refractivity contribution in [3.63, 3.8) is 0 Å². The zero-order valence-electron chi connectivity index (χ0n) is 14.5. The van der Waals surface area contributed by atoms with Crippen molar-refractivity contribution >= 4 is 34.3 Å². The number of nitrogens with two attached hydrogens (primary N) is 1. The van der Waals surface area contributed by atoms with E-state index in [9.17, 15) is 22.8 Å². The Morgan fingerprint density at radius 2 is 1.96 bits per heavy atom. The van der Waals surface area contributed by atoms with Crippen molar-refractivity contribution in [3.8, 4) is 0 Å². The van der Waals surface area contributed by atoms with Gasteiger partial charge in [0.2, 0.25) is 0 Å². The van der Waals surface area contributed by atoms with Gasteiger partial charge in [0.25, 0.3) is 11.8 Å². The molecule has 0 aliphatic rings. The van der Waals surface area contributed by atoms with Crippen molar-refractivity contribution in [1.82, 2.24) is 15.2 Å². The number of benzene rings is 2. The summed E-state index contributed by atoms with van der Waals surface area (Å²) in [6.07, 6.45) is -4.36. The average Bonchev–Trinajstić information content (AvgIpc) is 3.03. The monoisotopic (exact) mass is 410 g/mol. The summed E-state index contributed by atoms with van der Waals surface area (Å²) in [4.78, 5) is 24.8. The molecule has 0 radical (unpaired) electrons. The molecule has 10 heteroatoms. The summed E-state index contributed by atoms with van der Waals surface area (Å²) >= 11 is 5.93. The van der Waals surface area contributed by atoms with Gasteiger partial charge in [0.15, 0.2) is 0 Å². The highest BCUT2D eigenvalue weighted by Gasteiger charge is 2.37. The van der Waals surface area contributed by atoms with Gasteiger partial charge in [-0.15, -0.1) is 0 Å². The molecule has 0 unspecified atom stereocenters. The number of hydrazine groups is 1. The van der Waals surface area contributed by atoms with Gasteiger partial charge in [-0.2, -0.15) is 23.0 Å². The Morgan fingerprint density at radius 1 is 1.25 bits per heavy atom. The summed E-state index contributed by atoms with van der Waals surface area (Å²) in [5.41, 5.74) is 0.880.